The summed E-state index contributed by atoms with van der Waals surface area (Å²) in [7, 11) is 0. The summed E-state index contributed by atoms with van der Waals surface area (Å²) in [6, 6.07) is 0.775. The molecule has 1 heterocycles. The Labute approximate surface area is 119 Å². The van der Waals surface area contributed by atoms with Gasteiger partial charge < -0.3 is 10.2 Å². The van der Waals surface area contributed by atoms with E-state index in [2.05, 4.69) is 24.1 Å². The Bertz CT molecular complexity index is 283. The fourth-order valence-electron chi connectivity index (χ4n) is 4.90. The molecule has 4 atom stereocenters. The van der Waals surface area contributed by atoms with Gasteiger partial charge in [-0.15, -0.1) is 0 Å². The summed E-state index contributed by atoms with van der Waals surface area (Å²) in [6.07, 6.45) is 8.95. The first-order valence-corrected chi connectivity index (χ1v) is 8.66. The zero-order chi connectivity index (χ0) is 13.2. The van der Waals surface area contributed by atoms with Gasteiger partial charge in [0.25, 0.3) is 0 Å². The molecule has 110 valence electrons. The van der Waals surface area contributed by atoms with Crippen LogP contribution in [0.15, 0.2) is 0 Å². The van der Waals surface area contributed by atoms with E-state index in [9.17, 15) is 0 Å². The van der Waals surface area contributed by atoms with Gasteiger partial charge in [0.05, 0.1) is 0 Å². The Hall–Kier alpha value is -0.0800. The van der Waals surface area contributed by atoms with Crippen LogP contribution in [-0.4, -0.2) is 37.1 Å². The third-order valence-corrected chi connectivity index (χ3v) is 5.64. The number of fused-ring (bicyclic) bond motifs is 2. The molecule has 2 bridgehead atoms. The van der Waals surface area contributed by atoms with Gasteiger partial charge in [0.1, 0.15) is 0 Å². The molecule has 19 heavy (non-hydrogen) atoms. The average Bonchev–Trinajstić information content (AvgIpc) is 3.03. The summed E-state index contributed by atoms with van der Waals surface area (Å²) in [5.74, 6) is 4.01. The molecule has 1 saturated heterocycles. The molecule has 2 aliphatic carbocycles. The van der Waals surface area contributed by atoms with Crippen LogP contribution < -0.4 is 5.32 Å². The van der Waals surface area contributed by atoms with Crippen molar-refractivity contribution in [2.24, 2.45) is 23.7 Å². The van der Waals surface area contributed by atoms with Crippen molar-refractivity contribution in [1.29, 1.82) is 0 Å². The zero-order valence-corrected chi connectivity index (χ0v) is 12.9. The van der Waals surface area contributed by atoms with Crippen LogP contribution in [0.4, 0.5) is 0 Å². The SMILES string of the molecule is CC(C)CN(CC1CCCN1)CC1CC2CCC1C2. The summed E-state index contributed by atoms with van der Waals surface area (Å²) in [5, 5.41) is 3.68. The highest BCUT2D eigenvalue weighted by molar-refractivity contribution is 4.92. The van der Waals surface area contributed by atoms with E-state index in [0.29, 0.717) is 0 Å². The molecule has 0 radical (unpaired) electrons. The minimum absolute atomic E-state index is 0.775. The molecule has 0 spiro atoms. The van der Waals surface area contributed by atoms with E-state index in [-0.39, 0.29) is 0 Å². The lowest BCUT2D eigenvalue weighted by atomic mass is 9.88. The first-order chi connectivity index (χ1) is 9.20. The second-order valence-electron chi connectivity index (χ2n) is 7.84. The quantitative estimate of drug-likeness (QED) is 0.793. The topological polar surface area (TPSA) is 15.3 Å². The first-order valence-electron chi connectivity index (χ1n) is 8.66. The fourth-order valence-corrected chi connectivity index (χ4v) is 4.90. The maximum absolute atomic E-state index is 3.68. The van der Waals surface area contributed by atoms with Crippen LogP contribution in [-0.2, 0) is 0 Å². The van der Waals surface area contributed by atoms with Gasteiger partial charge in [-0.2, -0.15) is 0 Å². The number of hydrogen-bond acceptors (Lipinski definition) is 2. The Balaban J connectivity index is 1.52. The second kappa shape index (κ2) is 6.13. The van der Waals surface area contributed by atoms with Gasteiger partial charge in [-0.1, -0.05) is 20.3 Å². The minimum atomic E-state index is 0.775. The van der Waals surface area contributed by atoms with Gasteiger partial charge in [0, 0.05) is 25.7 Å². The molecule has 2 nitrogen and oxygen atoms in total. The van der Waals surface area contributed by atoms with Crippen molar-refractivity contribution < 1.29 is 0 Å². The van der Waals surface area contributed by atoms with Crippen LogP contribution in [0.1, 0.15) is 52.4 Å². The van der Waals surface area contributed by atoms with Crippen molar-refractivity contribution in [3.8, 4) is 0 Å². The van der Waals surface area contributed by atoms with E-state index in [1.807, 2.05) is 0 Å². The maximum Gasteiger partial charge on any atom is 0.0195 e. The molecule has 0 aromatic heterocycles. The molecule has 3 aliphatic rings. The van der Waals surface area contributed by atoms with E-state index in [0.717, 1.165) is 29.7 Å². The van der Waals surface area contributed by atoms with Crippen LogP contribution in [0.3, 0.4) is 0 Å². The normalized spacial score (nSPS) is 37.9. The van der Waals surface area contributed by atoms with Crippen molar-refractivity contribution in [2.45, 2.75) is 58.4 Å². The molecule has 0 aromatic carbocycles. The molecular formula is C17H32N2. The Kier molecular flexibility index (Phi) is 4.48. The molecule has 2 saturated carbocycles. The first kappa shape index (κ1) is 13.9. The lowest BCUT2D eigenvalue weighted by Gasteiger charge is -2.32. The van der Waals surface area contributed by atoms with Crippen molar-refractivity contribution >= 4 is 0 Å². The van der Waals surface area contributed by atoms with Crippen LogP contribution in [0.5, 0.6) is 0 Å². The molecule has 0 amide bonds. The molecule has 0 aromatic rings. The molecule has 4 unspecified atom stereocenters. The van der Waals surface area contributed by atoms with Crippen LogP contribution in [0, 0.1) is 23.7 Å². The lowest BCUT2D eigenvalue weighted by Crippen LogP contribution is -2.42. The molecule has 2 heteroatoms. The molecule has 3 rings (SSSR count). The number of hydrogen-bond donors (Lipinski definition) is 1. The third kappa shape index (κ3) is 3.52. The zero-order valence-electron chi connectivity index (χ0n) is 12.9. The number of rotatable bonds is 6. The molecule has 1 aliphatic heterocycles. The molecular weight excluding hydrogens is 232 g/mol. The Morgan fingerprint density at radius 3 is 2.58 bits per heavy atom. The van der Waals surface area contributed by atoms with Gasteiger partial charge in [-0.25, -0.2) is 0 Å². The Morgan fingerprint density at radius 1 is 1.11 bits per heavy atom. The van der Waals surface area contributed by atoms with Crippen LogP contribution >= 0.6 is 0 Å². The maximum atomic E-state index is 3.68. The van der Waals surface area contributed by atoms with E-state index in [1.165, 1.54) is 58.3 Å². The summed E-state index contributed by atoms with van der Waals surface area (Å²) in [5.41, 5.74) is 0. The second-order valence-corrected chi connectivity index (χ2v) is 7.84. The van der Waals surface area contributed by atoms with Gasteiger partial charge >= 0.3 is 0 Å². The minimum Gasteiger partial charge on any atom is -0.313 e. The lowest BCUT2D eigenvalue weighted by molar-refractivity contribution is 0.163. The van der Waals surface area contributed by atoms with Gasteiger partial charge in [-0.05, 0) is 62.3 Å². The smallest absolute Gasteiger partial charge is 0.0195 e. The van der Waals surface area contributed by atoms with Gasteiger partial charge in [0.15, 0.2) is 0 Å². The highest BCUT2D eigenvalue weighted by Gasteiger charge is 2.40. The van der Waals surface area contributed by atoms with E-state index in [1.54, 1.807) is 6.42 Å². The largest absolute Gasteiger partial charge is 0.313 e. The predicted octanol–water partition coefficient (Wildman–Crippen LogP) is 3.13. The monoisotopic (exact) mass is 264 g/mol. The van der Waals surface area contributed by atoms with Crippen molar-refractivity contribution in [1.82, 2.24) is 10.2 Å². The molecule has 3 fully saturated rings. The van der Waals surface area contributed by atoms with Gasteiger partial charge in [-0.3, -0.25) is 0 Å². The summed E-state index contributed by atoms with van der Waals surface area (Å²) in [4.78, 5) is 2.79. The van der Waals surface area contributed by atoms with E-state index >= 15 is 0 Å². The standard InChI is InChI=1S/C17H32N2/c1-13(2)10-19(12-17-4-3-7-18-17)11-16-9-14-5-6-15(16)8-14/h13-18H,3-12H2,1-2H3. The Morgan fingerprint density at radius 2 is 2.00 bits per heavy atom. The highest BCUT2D eigenvalue weighted by atomic mass is 15.2. The highest BCUT2D eigenvalue weighted by Crippen LogP contribution is 2.48. The van der Waals surface area contributed by atoms with Crippen LogP contribution in [0.2, 0.25) is 0 Å². The van der Waals surface area contributed by atoms with Crippen molar-refractivity contribution in [3.63, 3.8) is 0 Å². The fraction of sp³-hybridized carbons (Fsp3) is 1.00. The summed E-state index contributed by atoms with van der Waals surface area (Å²) >= 11 is 0. The van der Waals surface area contributed by atoms with Crippen molar-refractivity contribution in [2.75, 3.05) is 26.2 Å². The summed E-state index contributed by atoms with van der Waals surface area (Å²) < 4.78 is 0. The number of nitrogens with one attached hydrogen (secondary N) is 1. The molecule has 1 N–H and O–H groups in total. The average molecular weight is 264 g/mol. The van der Waals surface area contributed by atoms with E-state index < -0.39 is 0 Å². The number of nitrogens with zero attached hydrogens (tertiary/aromatic N) is 1. The third-order valence-electron chi connectivity index (χ3n) is 5.64. The van der Waals surface area contributed by atoms with Crippen molar-refractivity contribution in [3.05, 3.63) is 0 Å². The predicted molar refractivity (Wildman–Crippen MR) is 81.2 cm³/mol. The van der Waals surface area contributed by atoms with Crippen LogP contribution in [0.25, 0.3) is 0 Å². The van der Waals surface area contributed by atoms with Gasteiger partial charge in [0.2, 0.25) is 0 Å². The summed E-state index contributed by atoms with van der Waals surface area (Å²) in [6.45, 7) is 9.97. The van der Waals surface area contributed by atoms with E-state index in [4.69, 9.17) is 0 Å².